The van der Waals surface area contributed by atoms with E-state index in [1.54, 1.807) is 13.8 Å². The van der Waals surface area contributed by atoms with Crippen LogP contribution in [-0.4, -0.2) is 28.6 Å². The Bertz CT molecular complexity index is 918. The Hall–Kier alpha value is -2.49. The number of rotatable bonds is 8. The maximum Gasteiger partial charge on any atom is 0.302 e. The van der Waals surface area contributed by atoms with Gasteiger partial charge in [-0.05, 0) is 41.9 Å². The predicted molar refractivity (Wildman–Crippen MR) is 101 cm³/mol. The Morgan fingerprint density at radius 3 is 2.64 bits per heavy atom. The van der Waals surface area contributed by atoms with Gasteiger partial charge in [-0.1, -0.05) is 0 Å². The molecule has 0 aliphatic carbocycles. The monoisotopic (exact) mass is 459 g/mol. The largest absolute Gasteiger partial charge is 0.472 e. The van der Waals surface area contributed by atoms with Gasteiger partial charge in [0.1, 0.15) is 29.3 Å². The van der Waals surface area contributed by atoms with Crippen LogP contribution in [0.1, 0.15) is 32.4 Å². The van der Waals surface area contributed by atoms with Crippen LogP contribution < -0.4 is 20.3 Å². The highest BCUT2D eigenvalue weighted by molar-refractivity contribution is 9.10. The summed E-state index contributed by atoms with van der Waals surface area (Å²) in [5.41, 5.74) is -0.328. The minimum absolute atomic E-state index is 0.00290. The van der Waals surface area contributed by atoms with Gasteiger partial charge in [-0.25, -0.2) is 8.78 Å². The number of nitrogens with one attached hydrogen (secondary N) is 1. The summed E-state index contributed by atoms with van der Waals surface area (Å²) in [7, 11) is 0. The maximum atomic E-state index is 13.8. The van der Waals surface area contributed by atoms with E-state index in [2.05, 4.69) is 26.2 Å². The van der Waals surface area contributed by atoms with Crippen molar-refractivity contribution < 1.29 is 23.0 Å². The highest BCUT2D eigenvalue weighted by Gasteiger charge is 2.19. The van der Waals surface area contributed by atoms with Crippen molar-refractivity contribution in [3.05, 3.63) is 50.2 Å². The summed E-state index contributed by atoms with van der Waals surface area (Å²) in [6.07, 6.45) is 0. The fraction of sp³-hybridized carbons (Fsp3) is 0.389. The van der Waals surface area contributed by atoms with Gasteiger partial charge in [0, 0.05) is 24.6 Å². The summed E-state index contributed by atoms with van der Waals surface area (Å²) in [6, 6.07) is 2.85. The van der Waals surface area contributed by atoms with Crippen molar-refractivity contribution in [2.45, 2.75) is 33.4 Å². The Morgan fingerprint density at radius 2 is 2.04 bits per heavy atom. The molecule has 10 heteroatoms. The van der Waals surface area contributed by atoms with Gasteiger partial charge in [-0.3, -0.25) is 14.2 Å². The van der Waals surface area contributed by atoms with E-state index in [0.717, 1.165) is 12.1 Å². The van der Waals surface area contributed by atoms with Crippen LogP contribution in [0.25, 0.3) is 0 Å². The van der Waals surface area contributed by atoms with Crippen molar-refractivity contribution in [2.75, 3.05) is 13.2 Å². The van der Waals surface area contributed by atoms with E-state index >= 15 is 0 Å². The summed E-state index contributed by atoms with van der Waals surface area (Å²) in [4.78, 5) is 27.8. The summed E-state index contributed by atoms with van der Waals surface area (Å²) in [5, 5.41) is 2.57. The van der Waals surface area contributed by atoms with Crippen LogP contribution in [0, 0.1) is 11.6 Å². The molecule has 1 amide bonds. The molecule has 28 heavy (non-hydrogen) atoms. The number of aromatic nitrogens is 2. The summed E-state index contributed by atoms with van der Waals surface area (Å²) in [6.45, 7) is 5.01. The third-order valence-electron chi connectivity index (χ3n) is 3.60. The van der Waals surface area contributed by atoms with Gasteiger partial charge >= 0.3 is 6.01 Å². The normalized spacial score (nSPS) is 10.8. The topological polar surface area (TPSA) is 82.5 Å². The van der Waals surface area contributed by atoms with Gasteiger partial charge < -0.3 is 14.8 Å². The number of nitrogens with zero attached hydrogens (tertiary/aromatic N) is 2. The first kappa shape index (κ1) is 21.8. The molecule has 0 saturated carbocycles. The molecular weight excluding hydrogens is 440 g/mol. The van der Waals surface area contributed by atoms with E-state index in [1.165, 1.54) is 17.6 Å². The van der Waals surface area contributed by atoms with Crippen LogP contribution in [0.2, 0.25) is 0 Å². The smallest absolute Gasteiger partial charge is 0.302 e. The second kappa shape index (κ2) is 9.63. The fourth-order valence-electron chi connectivity index (χ4n) is 2.28. The molecule has 2 rings (SSSR count). The number of hydrogen-bond donors (Lipinski definition) is 1. The number of benzene rings is 1. The molecule has 0 spiro atoms. The molecule has 0 unspecified atom stereocenters. The second-order valence-electron chi connectivity index (χ2n) is 6.14. The first-order valence-corrected chi connectivity index (χ1v) is 9.26. The van der Waals surface area contributed by atoms with E-state index in [9.17, 15) is 18.4 Å². The van der Waals surface area contributed by atoms with Crippen LogP contribution >= 0.6 is 15.9 Å². The first-order chi connectivity index (χ1) is 13.2. The number of carbonyl (C=O) groups excluding carboxylic acids is 1. The zero-order chi connectivity index (χ0) is 20.8. The van der Waals surface area contributed by atoms with Gasteiger partial charge in [0.05, 0.1) is 6.54 Å². The molecule has 0 bridgehead atoms. The molecule has 0 aliphatic heterocycles. The van der Waals surface area contributed by atoms with Crippen LogP contribution in [-0.2, 0) is 11.4 Å². The molecule has 1 aromatic heterocycles. The molecule has 0 atom stereocenters. The van der Waals surface area contributed by atoms with Crippen molar-refractivity contribution >= 4 is 21.8 Å². The predicted octanol–water partition coefficient (Wildman–Crippen LogP) is 2.96. The lowest BCUT2D eigenvalue weighted by atomic mass is 10.2. The molecule has 1 heterocycles. The summed E-state index contributed by atoms with van der Waals surface area (Å²) >= 11 is 3.15. The van der Waals surface area contributed by atoms with Crippen LogP contribution in [0.15, 0.2) is 27.5 Å². The lowest BCUT2D eigenvalue weighted by Gasteiger charge is -2.18. The zero-order valence-electron chi connectivity index (χ0n) is 15.6. The van der Waals surface area contributed by atoms with E-state index in [1.807, 2.05) is 0 Å². The standard InChI is InChI=1S/C18H20BrF2N3O4/c1-10(2)24-17(26)15(19)16(23-18(24)27-7-6-22-11(3)25)28-9-12-4-5-13(20)8-14(12)21/h4-5,8,10H,6-7,9H2,1-3H3,(H,22,25). The minimum Gasteiger partial charge on any atom is -0.472 e. The van der Waals surface area contributed by atoms with Gasteiger partial charge in [0.25, 0.3) is 5.56 Å². The van der Waals surface area contributed by atoms with Gasteiger partial charge in [-0.2, -0.15) is 4.98 Å². The van der Waals surface area contributed by atoms with E-state index in [-0.39, 0.29) is 53.6 Å². The number of hydrogen-bond acceptors (Lipinski definition) is 5. The Kier molecular flexibility index (Phi) is 7.50. The van der Waals surface area contributed by atoms with Crippen LogP contribution in [0.4, 0.5) is 8.78 Å². The van der Waals surface area contributed by atoms with Gasteiger partial charge in [-0.15, -0.1) is 0 Å². The molecule has 0 fully saturated rings. The number of halogens is 3. The van der Waals surface area contributed by atoms with Crippen molar-refractivity contribution in [1.82, 2.24) is 14.9 Å². The molecule has 1 aromatic carbocycles. The third kappa shape index (κ3) is 5.51. The average Bonchev–Trinajstić information content (AvgIpc) is 2.61. The number of carbonyl (C=O) groups is 1. The molecule has 2 aromatic rings. The summed E-state index contributed by atoms with van der Waals surface area (Å²) in [5.74, 6) is -1.76. The Labute approximate surface area is 168 Å². The van der Waals surface area contributed by atoms with Crippen molar-refractivity contribution in [3.63, 3.8) is 0 Å². The molecule has 0 aliphatic rings. The van der Waals surface area contributed by atoms with Crippen molar-refractivity contribution in [1.29, 1.82) is 0 Å². The Morgan fingerprint density at radius 1 is 1.32 bits per heavy atom. The second-order valence-corrected chi connectivity index (χ2v) is 6.93. The SMILES string of the molecule is CC(=O)NCCOc1nc(OCc2ccc(F)cc2F)c(Br)c(=O)n1C(C)C. The van der Waals surface area contributed by atoms with E-state index < -0.39 is 17.2 Å². The average molecular weight is 460 g/mol. The van der Waals surface area contributed by atoms with E-state index in [4.69, 9.17) is 9.47 Å². The first-order valence-electron chi connectivity index (χ1n) is 8.46. The quantitative estimate of drug-likeness (QED) is 0.613. The van der Waals surface area contributed by atoms with E-state index in [0.29, 0.717) is 0 Å². The highest BCUT2D eigenvalue weighted by Crippen LogP contribution is 2.25. The lowest BCUT2D eigenvalue weighted by molar-refractivity contribution is -0.119. The molecule has 0 saturated heterocycles. The number of amides is 1. The highest BCUT2D eigenvalue weighted by atomic mass is 79.9. The zero-order valence-corrected chi connectivity index (χ0v) is 17.2. The van der Waals surface area contributed by atoms with Crippen LogP contribution in [0.3, 0.4) is 0 Å². The van der Waals surface area contributed by atoms with Gasteiger partial charge in [0.15, 0.2) is 0 Å². The molecule has 152 valence electrons. The van der Waals surface area contributed by atoms with Crippen LogP contribution in [0.5, 0.6) is 11.9 Å². The third-order valence-corrected chi connectivity index (χ3v) is 4.28. The fourth-order valence-corrected chi connectivity index (χ4v) is 2.68. The number of ether oxygens (including phenoxy) is 2. The summed E-state index contributed by atoms with van der Waals surface area (Å²) < 4.78 is 39.2. The molecule has 0 radical (unpaired) electrons. The maximum absolute atomic E-state index is 13.8. The lowest BCUT2D eigenvalue weighted by Crippen LogP contribution is -2.29. The van der Waals surface area contributed by atoms with Crippen molar-refractivity contribution in [3.8, 4) is 11.9 Å². The minimum atomic E-state index is -0.765. The van der Waals surface area contributed by atoms with Crippen molar-refractivity contribution in [2.24, 2.45) is 0 Å². The Balaban J connectivity index is 2.25. The molecule has 7 nitrogen and oxygen atoms in total. The molecule has 1 N–H and O–H groups in total. The van der Waals surface area contributed by atoms with Gasteiger partial charge in [0.2, 0.25) is 11.8 Å². The molecular formula is C18H20BrF2N3O4.